The lowest BCUT2D eigenvalue weighted by atomic mass is 10.2. The van der Waals surface area contributed by atoms with E-state index in [9.17, 15) is 0 Å². The molecule has 0 amide bonds. The molecule has 2 aromatic carbocycles. The van der Waals surface area contributed by atoms with Crippen molar-refractivity contribution in [3.8, 4) is 11.3 Å². The summed E-state index contributed by atoms with van der Waals surface area (Å²) < 4.78 is 7.60. The lowest BCUT2D eigenvalue weighted by Gasteiger charge is -2.03. The number of hydrogen-bond donors (Lipinski definition) is 0. The van der Waals surface area contributed by atoms with Crippen LogP contribution < -0.4 is 0 Å². The molecule has 4 aromatic rings. The summed E-state index contributed by atoms with van der Waals surface area (Å²) in [6.07, 6.45) is 1.75. The Balaban J connectivity index is 1.43. The van der Waals surface area contributed by atoms with E-state index in [1.807, 2.05) is 48.5 Å². The van der Waals surface area contributed by atoms with Crippen LogP contribution in [0.25, 0.3) is 11.3 Å². The van der Waals surface area contributed by atoms with Gasteiger partial charge in [0.25, 0.3) is 0 Å². The van der Waals surface area contributed by atoms with Crippen molar-refractivity contribution >= 4 is 11.8 Å². The van der Waals surface area contributed by atoms with E-state index in [1.54, 1.807) is 10.9 Å². The average molecular weight is 349 g/mol. The molecule has 2 aromatic heterocycles. The van der Waals surface area contributed by atoms with Crippen LogP contribution >= 0.6 is 11.8 Å². The van der Waals surface area contributed by atoms with Crippen molar-refractivity contribution in [2.75, 3.05) is 0 Å². The fraction of sp³-hybridized carbons (Fsp3) is 0.111. The SMILES string of the molecule is c1ccc(Cn2nnnc2SCc2ncc(-c3ccccc3)o2)cc1. The highest BCUT2D eigenvalue weighted by atomic mass is 32.2. The Bertz CT molecular complexity index is 936. The largest absolute Gasteiger partial charge is 0.440 e. The maximum atomic E-state index is 5.82. The second kappa shape index (κ2) is 7.31. The van der Waals surface area contributed by atoms with Crippen LogP contribution in [0.2, 0.25) is 0 Å². The van der Waals surface area contributed by atoms with E-state index in [0.29, 0.717) is 18.2 Å². The summed E-state index contributed by atoms with van der Waals surface area (Å²) in [5, 5.41) is 12.7. The summed E-state index contributed by atoms with van der Waals surface area (Å²) in [6.45, 7) is 0.636. The fourth-order valence-electron chi connectivity index (χ4n) is 2.39. The number of hydrogen-bond acceptors (Lipinski definition) is 6. The number of oxazole rings is 1. The van der Waals surface area contributed by atoms with Gasteiger partial charge in [0.15, 0.2) is 5.76 Å². The molecule has 0 N–H and O–H groups in total. The zero-order valence-electron chi connectivity index (χ0n) is 13.3. The number of tetrazole rings is 1. The van der Waals surface area contributed by atoms with Crippen molar-refractivity contribution in [2.24, 2.45) is 0 Å². The Kier molecular flexibility index (Phi) is 4.56. The molecule has 0 unspecified atom stereocenters. The summed E-state index contributed by atoms with van der Waals surface area (Å²) in [5.74, 6) is 1.99. The highest BCUT2D eigenvalue weighted by Gasteiger charge is 2.11. The lowest BCUT2D eigenvalue weighted by molar-refractivity contribution is 0.529. The zero-order valence-corrected chi connectivity index (χ0v) is 14.1. The third-order valence-electron chi connectivity index (χ3n) is 3.61. The first kappa shape index (κ1) is 15.6. The van der Waals surface area contributed by atoms with Gasteiger partial charge >= 0.3 is 0 Å². The predicted molar refractivity (Wildman–Crippen MR) is 94.9 cm³/mol. The molecule has 0 aliphatic rings. The summed E-state index contributed by atoms with van der Waals surface area (Å²) >= 11 is 1.51. The van der Waals surface area contributed by atoms with Gasteiger partial charge in [0.2, 0.25) is 11.0 Å². The van der Waals surface area contributed by atoms with Gasteiger partial charge in [0.05, 0.1) is 18.5 Å². The van der Waals surface area contributed by atoms with Crippen molar-refractivity contribution in [1.82, 2.24) is 25.2 Å². The summed E-state index contributed by atoms with van der Waals surface area (Å²) in [7, 11) is 0. The van der Waals surface area contributed by atoms with Crippen molar-refractivity contribution in [1.29, 1.82) is 0 Å². The molecule has 0 saturated heterocycles. The molecule has 4 rings (SSSR count). The van der Waals surface area contributed by atoms with Gasteiger partial charge in [-0.15, -0.1) is 5.10 Å². The second-order valence-corrected chi connectivity index (χ2v) is 6.32. The first-order chi connectivity index (χ1) is 12.4. The predicted octanol–water partition coefficient (Wildman–Crippen LogP) is 3.67. The van der Waals surface area contributed by atoms with Crippen molar-refractivity contribution in [3.63, 3.8) is 0 Å². The first-order valence-electron chi connectivity index (χ1n) is 7.81. The third kappa shape index (κ3) is 3.77. The Morgan fingerprint density at radius 1 is 0.960 bits per heavy atom. The molecule has 0 saturated carbocycles. The van der Waals surface area contributed by atoms with Crippen LogP contribution in [-0.4, -0.2) is 25.2 Å². The molecule has 0 aliphatic carbocycles. The molecule has 0 radical (unpaired) electrons. The smallest absolute Gasteiger partial charge is 0.210 e. The lowest BCUT2D eigenvalue weighted by Crippen LogP contribution is -2.03. The first-order valence-corrected chi connectivity index (χ1v) is 8.80. The molecule has 0 spiro atoms. The maximum Gasteiger partial charge on any atom is 0.210 e. The summed E-state index contributed by atoms with van der Waals surface area (Å²) in [4.78, 5) is 4.34. The average Bonchev–Trinajstić information content (AvgIpc) is 3.31. The highest BCUT2D eigenvalue weighted by Crippen LogP contribution is 2.24. The topological polar surface area (TPSA) is 69.6 Å². The van der Waals surface area contributed by atoms with Crippen LogP contribution in [0.5, 0.6) is 0 Å². The summed E-state index contributed by atoms with van der Waals surface area (Å²) in [6, 6.07) is 20.0. The van der Waals surface area contributed by atoms with Gasteiger partial charge in [0, 0.05) is 5.56 Å². The van der Waals surface area contributed by atoms with Crippen LogP contribution in [0.3, 0.4) is 0 Å². The monoisotopic (exact) mass is 349 g/mol. The molecule has 0 atom stereocenters. The standard InChI is InChI=1S/C18H15N5OS/c1-3-7-14(8-4-1)12-23-18(20-21-22-23)25-13-17-19-11-16(24-17)15-9-5-2-6-10-15/h1-11H,12-13H2. The quantitative estimate of drug-likeness (QED) is 0.495. The van der Waals surface area contributed by atoms with E-state index in [-0.39, 0.29) is 0 Å². The Morgan fingerprint density at radius 2 is 1.72 bits per heavy atom. The number of thioether (sulfide) groups is 1. The number of rotatable bonds is 6. The van der Waals surface area contributed by atoms with E-state index < -0.39 is 0 Å². The molecule has 0 fully saturated rings. The van der Waals surface area contributed by atoms with Gasteiger partial charge in [-0.3, -0.25) is 0 Å². The Morgan fingerprint density at radius 3 is 2.52 bits per heavy atom. The van der Waals surface area contributed by atoms with E-state index in [1.165, 1.54) is 11.8 Å². The van der Waals surface area contributed by atoms with Crippen molar-refractivity contribution in [2.45, 2.75) is 17.5 Å². The zero-order chi connectivity index (χ0) is 16.9. The molecular formula is C18H15N5OS. The minimum atomic E-state index is 0.571. The van der Waals surface area contributed by atoms with E-state index in [2.05, 4.69) is 32.6 Å². The Hall–Kier alpha value is -2.93. The van der Waals surface area contributed by atoms with E-state index in [0.717, 1.165) is 22.0 Å². The van der Waals surface area contributed by atoms with Gasteiger partial charge in [0.1, 0.15) is 0 Å². The van der Waals surface area contributed by atoms with Crippen LogP contribution in [0.1, 0.15) is 11.5 Å². The van der Waals surface area contributed by atoms with E-state index >= 15 is 0 Å². The van der Waals surface area contributed by atoms with Crippen LogP contribution in [0, 0.1) is 0 Å². The highest BCUT2D eigenvalue weighted by molar-refractivity contribution is 7.98. The number of aromatic nitrogens is 5. The van der Waals surface area contributed by atoms with Crippen molar-refractivity contribution in [3.05, 3.63) is 78.3 Å². The summed E-state index contributed by atoms with van der Waals surface area (Å²) in [5.41, 5.74) is 2.17. The normalized spacial score (nSPS) is 10.9. The van der Waals surface area contributed by atoms with Gasteiger partial charge < -0.3 is 4.42 Å². The van der Waals surface area contributed by atoms with Gasteiger partial charge in [-0.1, -0.05) is 72.4 Å². The molecule has 0 aliphatic heterocycles. The van der Waals surface area contributed by atoms with Crippen molar-refractivity contribution < 1.29 is 4.42 Å². The van der Waals surface area contributed by atoms with Crippen LogP contribution in [-0.2, 0) is 12.3 Å². The maximum absolute atomic E-state index is 5.82. The molecule has 25 heavy (non-hydrogen) atoms. The Labute approximate surface area is 148 Å². The fourth-order valence-corrected chi connectivity index (χ4v) is 3.12. The van der Waals surface area contributed by atoms with Crippen LogP contribution in [0.15, 0.2) is 76.4 Å². The van der Waals surface area contributed by atoms with E-state index in [4.69, 9.17) is 4.42 Å². The molecule has 0 bridgehead atoms. The minimum Gasteiger partial charge on any atom is -0.440 e. The molecule has 2 heterocycles. The minimum absolute atomic E-state index is 0.571. The molecule has 7 heteroatoms. The molecular weight excluding hydrogens is 334 g/mol. The second-order valence-electron chi connectivity index (χ2n) is 5.38. The van der Waals surface area contributed by atoms with Gasteiger partial charge in [-0.05, 0) is 16.0 Å². The van der Waals surface area contributed by atoms with Gasteiger partial charge in [-0.25, -0.2) is 9.67 Å². The molecule has 6 nitrogen and oxygen atoms in total. The van der Waals surface area contributed by atoms with Gasteiger partial charge in [-0.2, -0.15) is 0 Å². The third-order valence-corrected chi connectivity index (χ3v) is 4.55. The molecule has 124 valence electrons. The van der Waals surface area contributed by atoms with Crippen LogP contribution in [0.4, 0.5) is 0 Å². The number of benzene rings is 2. The number of nitrogens with zero attached hydrogens (tertiary/aromatic N) is 5.